The lowest BCUT2D eigenvalue weighted by Gasteiger charge is -2.05. The van der Waals surface area contributed by atoms with Crippen LogP contribution in [-0.2, 0) is 11.2 Å². The molecule has 1 aliphatic heterocycles. The number of hydrogen-bond donors (Lipinski definition) is 1. The van der Waals surface area contributed by atoms with Crippen LogP contribution in [0.5, 0.6) is 0 Å². The van der Waals surface area contributed by atoms with Crippen molar-refractivity contribution in [2.45, 2.75) is 13.3 Å². The normalized spacial score (nSPS) is 13.0. The van der Waals surface area contributed by atoms with Gasteiger partial charge in [-0.2, -0.15) is 0 Å². The van der Waals surface area contributed by atoms with Gasteiger partial charge in [0, 0.05) is 16.8 Å². The molecule has 0 saturated carbocycles. The molecule has 0 spiro atoms. The highest BCUT2D eigenvalue weighted by molar-refractivity contribution is 6.10. The van der Waals surface area contributed by atoms with E-state index in [-0.39, 0.29) is 18.1 Å². The molecule has 0 radical (unpaired) electrons. The summed E-state index contributed by atoms with van der Waals surface area (Å²) in [6.45, 7) is 1.74. The monoisotopic (exact) mass is 269 g/mol. The topological polar surface area (TPSA) is 46.2 Å². The number of aryl methyl sites for hydroxylation is 1. The van der Waals surface area contributed by atoms with Crippen LogP contribution in [0.25, 0.3) is 0 Å². The summed E-state index contributed by atoms with van der Waals surface area (Å²) in [6.07, 6.45) is 0.276. The van der Waals surface area contributed by atoms with Gasteiger partial charge in [-0.05, 0) is 54.4 Å². The average molecular weight is 269 g/mol. The number of rotatable bonds is 2. The minimum Gasteiger partial charge on any atom is -0.326 e. The standard InChI is InChI=1S/C16H12FNO2/c1-9-4-12(7-13(17)5-9)16(20)10-2-3-14-11(6-10)8-15(19)18-14/h2-7H,8H2,1H3,(H,18,19). The summed E-state index contributed by atoms with van der Waals surface area (Å²) in [5.41, 5.74) is 3.02. The fourth-order valence-electron chi connectivity index (χ4n) is 2.40. The lowest BCUT2D eigenvalue weighted by atomic mass is 9.99. The molecule has 3 nitrogen and oxygen atoms in total. The first-order chi connectivity index (χ1) is 9.52. The first kappa shape index (κ1) is 12.5. The second-order valence-corrected chi connectivity index (χ2v) is 4.94. The number of anilines is 1. The number of benzene rings is 2. The molecule has 1 amide bonds. The molecule has 0 saturated heterocycles. The summed E-state index contributed by atoms with van der Waals surface area (Å²) in [5, 5.41) is 2.71. The zero-order valence-electron chi connectivity index (χ0n) is 10.9. The van der Waals surface area contributed by atoms with Crippen LogP contribution in [-0.4, -0.2) is 11.7 Å². The van der Waals surface area contributed by atoms with Crippen LogP contribution in [0.2, 0.25) is 0 Å². The van der Waals surface area contributed by atoms with E-state index in [2.05, 4.69) is 5.32 Å². The van der Waals surface area contributed by atoms with Crippen molar-refractivity contribution in [1.82, 2.24) is 0 Å². The zero-order chi connectivity index (χ0) is 14.3. The van der Waals surface area contributed by atoms with Gasteiger partial charge in [0.25, 0.3) is 0 Å². The molecule has 20 heavy (non-hydrogen) atoms. The van der Waals surface area contributed by atoms with E-state index in [1.807, 2.05) is 0 Å². The fourth-order valence-corrected chi connectivity index (χ4v) is 2.40. The molecule has 3 rings (SSSR count). The lowest BCUT2D eigenvalue weighted by Crippen LogP contribution is -2.03. The smallest absolute Gasteiger partial charge is 0.228 e. The van der Waals surface area contributed by atoms with Gasteiger partial charge in [0.05, 0.1) is 6.42 Å². The van der Waals surface area contributed by atoms with Gasteiger partial charge in [0.1, 0.15) is 5.82 Å². The Balaban J connectivity index is 1.99. The molecule has 0 fully saturated rings. The second kappa shape index (κ2) is 4.56. The number of nitrogens with one attached hydrogen (secondary N) is 1. The maximum Gasteiger partial charge on any atom is 0.228 e. The van der Waals surface area contributed by atoms with Crippen LogP contribution < -0.4 is 5.32 Å². The summed E-state index contributed by atoms with van der Waals surface area (Å²) < 4.78 is 13.4. The molecule has 0 atom stereocenters. The van der Waals surface area contributed by atoms with Crippen molar-refractivity contribution in [1.29, 1.82) is 0 Å². The first-order valence-corrected chi connectivity index (χ1v) is 6.27. The summed E-state index contributed by atoms with van der Waals surface area (Å²) in [4.78, 5) is 23.7. The molecule has 2 aromatic carbocycles. The third-order valence-corrected chi connectivity index (χ3v) is 3.30. The summed E-state index contributed by atoms with van der Waals surface area (Å²) >= 11 is 0. The molecule has 0 bridgehead atoms. The van der Waals surface area contributed by atoms with E-state index in [1.165, 1.54) is 12.1 Å². The number of fused-ring (bicyclic) bond motifs is 1. The van der Waals surface area contributed by atoms with Gasteiger partial charge < -0.3 is 5.32 Å². The SMILES string of the molecule is Cc1cc(F)cc(C(=O)c2ccc3c(c2)CC(=O)N3)c1. The second-order valence-electron chi connectivity index (χ2n) is 4.94. The third kappa shape index (κ3) is 2.20. The maximum absolute atomic E-state index is 13.4. The molecule has 4 heteroatoms. The van der Waals surface area contributed by atoms with E-state index in [9.17, 15) is 14.0 Å². The number of carbonyl (C=O) groups is 2. The van der Waals surface area contributed by atoms with Gasteiger partial charge in [0.15, 0.2) is 5.78 Å². The van der Waals surface area contributed by atoms with Crippen LogP contribution in [0, 0.1) is 12.7 Å². The zero-order valence-corrected chi connectivity index (χ0v) is 10.9. The number of ketones is 1. The van der Waals surface area contributed by atoms with Crippen molar-refractivity contribution >= 4 is 17.4 Å². The van der Waals surface area contributed by atoms with Crippen LogP contribution >= 0.6 is 0 Å². The number of hydrogen-bond acceptors (Lipinski definition) is 2. The van der Waals surface area contributed by atoms with Crippen LogP contribution in [0.15, 0.2) is 36.4 Å². The largest absolute Gasteiger partial charge is 0.326 e. The highest BCUT2D eigenvalue weighted by atomic mass is 19.1. The fraction of sp³-hybridized carbons (Fsp3) is 0.125. The van der Waals surface area contributed by atoms with Crippen LogP contribution in [0.4, 0.5) is 10.1 Å². The van der Waals surface area contributed by atoms with E-state index < -0.39 is 5.82 Å². The summed E-state index contributed by atoms with van der Waals surface area (Å²) in [5.74, 6) is -0.743. The molecule has 0 unspecified atom stereocenters. The average Bonchev–Trinajstić information content (AvgIpc) is 2.75. The minimum absolute atomic E-state index is 0.0776. The maximum atomic E-state index is 13.4. The quantitative estimate of drug-likeness (QED) is 0.852. The Kier molecular flexibility index (Phi) is 2.86. The Bertz CT molecular complexity index is 717. The Hall–Kier alpha value is -2.49. The summed E-state index contributed by atoms with van der Waals surface area (Å²) in [7, 11) is 0. The predicted octanol–water partition coefficient (Wildman–Crippen LogP) is 2.86. The van der Waals surface area contributed by atoms with Gasteiger partial charge in [-0.3, -0.25) is 9.59 Å². The van der Waals surface area contributed by atoms with Crippen molar-refractivity contribution in [3.63, 3.8) is 0 Å². The minimum atomic E-state index is -0.425. The van der Waals surface area contributed by atoms with Crippen molar-refractivity contribution < 1.29 is 14.0 Å². The highest BCUT2D eigenvalue weighted by Crippen LogP contribution is 2.25. The molecule has 1 N–H and O–H groups in total. The molecule has 1 aliphatic rings. The molecule has 2 aromatic rings. The molecular formula is C16H12FNO2. The first-order valence-electron chi connectivity index (χ1n) is 6.27. The third-order valence-electron chi connectivity index (χ3n) is 3.30. The predicted molar refractivity (Wildman–Crippen MR) is 73.3 cm³/mol. The molecule has 100 valence electrons. The van der Waals surface area contributed by atoms with Crippen LogP contribution in [0.3, 0.4) is 0 Å². The van der Waals surface area contributed by atoms with E-state index >= 15 is 0 Å². The molecule has 0 aliphatic carbocycles. The number of amides is 1. The Morgan fingerprint density at radius 3 is 2.70 bits per heavy atom. The van der Waals surface area contributed by atoms with E-state index in [1.54, 1.807) is 31.2 Å². The Morgan fingerprint density at radius 1 is 1.15 bits per heavy atom. The van der Waals surface area contributed by atoms with Gasteiger partial charge in [-0.1, -0.05) is 0 Å². The molecule has 1 heterocycles. The van der Waals surface area contributed by atoms with Crippen LogP contribution in [0.1, 0.15) is 27.0 Å². The van der Waals surface area contributed by atoms with Gasteiger partial charge in [-0.15, -0.1) is 0 Å². The van der Waals surface area contributed by atoms with Gasteiger partial charge in [0.2, 0.25) is 5.91 Å². The van der Waals surface area contributed by atoms with E-state index in [0.29, 0.717) is 16.7 Å². The van der Waals surface area contributed by atoms with Gasteiger partial charge in [-0.25, -0.2) is 4.39 Å². The Morgan fingerprint density at radius 2 is 1.95 bits per heavy atom. The van der Waals surface area contributed by atoms with Crippen molar-refractivity contribution in [3.8, 4) is 0 Å². The number of carbonyl (C=O) groups excluding carboxylic acids is 2. The van der Waals surface area contributed by atoms with Crippen molar-refractivity contribution in [2.24, 2.45) is 0 Å². The number of halogens is 1. The highest BCUT2D eigenvalue weighted by Gasteiger charge is 2.19. The van der Waals surface area contributed by atoms with E-state index in [4.69, 9.17) is 0 Å². The lowest BCUT2D eigenvalue weighted by molar-refractivity contribution is -0.115. The molecular weight excluding hydrogens is 257 g/mol. The molecule has 0 aromatic heterocycles. The van der Waals surface area contributed by atoms with Crippen molar-refractivity contribution in [3.05, 3.63) is 64.5 Å². The Labute approximate surface area is 115 Å². The summed E-state index contributed by atoms with van der Waals surface area (Å²) in [6, 6.07) is 9.30. The van der Waals surface area contributed by atoms with Gasteiger partial charge >= 0.3 is 0 Å². The van der Waals surface area contributed by atoms with E-state index in [0.717, 1.165) is 11.3 Å². The van der Waals surface area contributed by atoms with Crippen molar-refractivity contribution in [2.75, 3.05) is 5.32 Å².